The Morgan fingerprint density at radius 3 is 2.44 bits per heavy atom. The number of phenols is 1. The summed E-state index contributed by atoms with van der Waals surface area (Å²) in [5.41, 5.74) is 2.16. The summed E-state index contributed by atoms with van der Waals surface area (Å²) in [5.74, 6) is 0.674. The molecule has 1 amide bonds. The number of aromatic hydroxyl groups is 1. The lowest BCUT2D eigenvalue weighted by Gasteiger charge is -2.25. The Kier molecular flexibility index (Phi) is 7.04. The molecule has 2 N–H and O–H groups in total. The lowest BCUT2D eigenvalue weighted by molar-refractivity contribution is 0.0983. The van der Waals surface area contributed by atoms with Gasteiger partial charge < -0.3 is 29.2 Å². The smallest absolute Gasteiger partial charge is 0.274 e. The van der Waals surface area contributed by atoms with Crippen LogP contribution in [0.4, 0.5) is 5.69 Å². The number of aromatic amines is 1. The van der Waals surface area contributed by atoms with Crippen LogP contribution in [0.5, 0.6) is 23.0 Å². The maximum absolute atomic E-state index is 14.0. The number of ether oxygens (including phenoxy) is 3. The van der Waals surface area contributed by atoms with Gasteiger partial charge in [-0.2, -0.15) is 8.42 Å². The Bertz CT molecular complexity index is 1680. The summed E-state index contributed by atoms with van der Waals surface area (Å²) in [4.78, 5) is 18.8. The summed E-state index contributed by atoms with van der Waals surface area (Å²) < 4.78 is 45.4. The summed E-state index contributed by atoms with van der Waals surface area (Å²) in [7, 11) is 0.873. The molecule has 1 atom stereocenters. The fourth-order valence-corrected chi connectivity index (χ4v) is 5.78. The number of fused-ring (bicyclic) bond motifs is 4. The van der Waals surface area contributed by atoms with Crippen LogP contribution in [0.2, 0.25) is 0 Å². The number of hydrogen-bond acceptors (Lipinski definition) is 8. The highest BCUT2D eigenvalue weighted by Crippen LogP contribution is 2.45. The minimum absolute atomic E-state index is 0.0274. The number of amides is 1. The van der Waals surface area contributed by atoms with Crippen molar-refractivity contribution in [2.75, 3.05) is 45.6 Å². The second-order valence-electron chi connectivity index (χ2n) is 9.45. The van der Waals surface area contributed by atoms with E-state index in [9.17, 15) is 18.3 Å². The molecular weight excluding hydrogens is 524 g/mol. The van der Waals surface area contributed by atoms with E-state index in [-0.39, 0.29) is 24.2 Å². The zero-order valence-electron chi connectivity index (χ0n) is 22.1. The van der Waals surface area contributed by atoms with E-state index in [1.807, 2.05) is 18.2 Å². The number of carbonyl (C=O) groups is 1. The Morgan fingerprint density at radius 2 is 1.77 bits per heavy atom. The molecule has 1 aliphatic heterocycles. The Balaban J connectivity index is 1.65. The van der Waals surface area contributed by atoms with Crippen molar-refractivity contribution in [3.63, 3.8) is 0 Å². The van der Waals surface area contributed by atoms with E-state index < -0.39 is 10.1 Å². The van der Waals surface area contributed by atoms with Crippen molar-refractivity contribution in [2.45, 2.75) is 18.8 Å². The monoisotopic (exact) mass is 554 g/mol. The molecule has 206 valence electrons. The second kappa shape index (κ2) is 10.3. The lowest BCUT2D eigenvalue weighted by atomic mass is 9.89. The molecule has 11 heteroatoms. The van der Waals surface area contributed by atoms with E-state index >= 15 is 0 Å². The number of nitrogens with one attached hydrogen (secondary N) is 1. The maximum atomic E-state index is 14.0. The molecule has 0 spiro atoms. The van der Waals surface area contributed by atoms with Gasteiger partial charge >= 0.3 is 0 Å². The van der Waals surface area contributed by atoms with E-state index in [1.165, 1.54) is 21.3 Å². The van der Waals surface area contributed by atoms with Gasteiger partial charge in [-0.25, -0.2) is 0 Å². The number of H-pyrrole nitrogens is 1. The quantitative estimate of drug-likeness (QED) is 0.319. The Morgan fingerprint density at radius 1 is 1.05 bits per heavy atom. The molecule has 0 bridgehead atoms. The summed E-state index contributed by atoms with van der Waals surface area (Å²) in [6, 6.07) is 12.4. The summed E-state index contributed by atoms with van der Waals surface area (Å²) in [5, 5.41) is 13.0. The first-order valence-corrected chi connectivity index (χ1v) is 14.2. The zero-order chi connectivity index (χ0) is 27.9. The Hall–Kier alpha value is -3.96. The van der Waals surface area contributed by atoms with Gasteiger partial charge in [0.05, 0.1) is 45.4 Å². The van der Waals surface area contributed by atoms with Crippen molar-refractivity contribution in [3.05, 3.63) is 53.7 Å². The van der Waals surface area contributed by atoms with Gasteiger partial charge in [0, 0.05) is 29.3 Å². The molecule has 0 saturated carbocycles. The third-order valence-corrected chi connectivity index (χ3v) is 7.62. The average Bonchev–Trinajstić information content (AvgIpc) is 3.26. The first-order chi connectivity index (χ1) is 18.7. The Labute approximate surface area is 226 Å². The van der Waals surface area contributed by atoms with Crippen LogP contribution in [0.25, 0.3) is 21.7 Å². The molecule has 5 rings (SSSR count). The number of aromatic nitrogens is 1. The van der Waals surface area contributed by atoms with Crippen LogP contribution in [-0.4, -0.2) is 65.2 Å². The summed E-state index contributed by atoms with van der Waals surface area (Å²) >= 11 is 0. The van der Waals surface area contributed by atoms with Crippen molar-refractivity contribution in [2.24, 2.45) is 0 Å². The fraction of sp³-hybridized carbons (Fsp3) is 0.321. The van der Waals surface area contributed by atoms with E-state index in [0.29, 0.717) is 64.3 Å². The van der Waals surface area contributed by atoms with E-state index in [4.69, 9.17) is 18.4 Å². The van der Waals surface area contributed by atoms with Gasteiger partial charge in [0.1, 0.15) is 11.4 Å². The average molecular weight is 555 g/mol. The van der Waals surface area contributed by atoms with Crippen molar-refractivity contribution >= 4 is 43.4 Å². The lowest BCUT2D eigenvalue weighted by Crippen LogP contribution is -2.32. The number of nitrogens with zero attached hydrogens (tertiary/aromatic N) is 1. The second-order valence-corrected chi connectivity index (χ2v) is 11.1. The molecule has 0 aliphatic carbocycles. The van der Waals surface area contributed by atoms with E-state index in [1.54, 1.807) is 29.2 Å². The van der Waals surface area contributed by atoms with Crippen LogP contribution in [-0.2, 0) is 14.3 Å². The molecule has 0 radical (unpaired) electrons. The highest BCUT2D eigenvalue weighted by Gasteiger charge is 2.32. The highest BCUT2D eigenvalue weighted by molar-refractivity contribution is 7.85. The normalized spacial score (nSPS) is 15.7. The van der Waals surface area contributed by atoms with Gasteiger partial charge in [0.25, 0.3) is 16.0 Å². The van der Waals surface area contributed by atoms with Gasteiger partial charge in [0.15, 0.2) is 11.5 Å². The molecule has 1 aromatic heterocycles. The molecule has 10 nitrogen and oxygen atoms in total. The van der Waals surface area contributed by atoms with E-state index in [2.05, 4.69) is 4.98 Å². The predicted octanol–water partition coefficient (Wildman–Crippen LogP) is 4.55. The first kappa shape index (κ1) is 26.6. The largest absolute Gasteiger partial charge is 0.507 e. The summed E-state index contributed by atoms with van der Waals surface area (Å²) in [6.45, 7) is 0.296. The van der Waals surface area contributed by atoms with Gasteiger partial charge in [-0.15, -0.1) is 0 Å². The van der Waals surface area contributed by atoms with Crippen LogP contribution >= 0.6 is 0 Å². The molecule has 39 heavy (non-hydrogen) atoms. The van der Waals surface area contributed by atoms with Crippen molar-refractivity contribution < 1.29 is 36.7 Å². The number of anilines is 1. The molecule has 3 aromatic carbocycles. The van der Waals surface area contributed by atoms with Crippen LogP contribution in [0, 0.1) is 0 Å². The molecule has 0 unspecified atom stereocenters. The van der Waals surface area contributed by atoms with Crippen molar-refractivity contribution in [3.8, 4) is 23.0 Å². The minimum atomic E-state index is -3.67. The number of rotatable bonds is 7. The van der Waals surface area contributed by atoms with Crippen LogP contribution < -0.4 is 19.1 Å². The SMILES string of the molecule is COc1cc2cc(C(=O)N3CCC[C@@H](COS(C)(=O)=O)c4c3cc(O)c3ccccc43)[nH]c2c(OC)c1OC. The third kappa shape index (κ3) is 4.83. The third-order valence-electron chi connectivity index (χ3n) is 7.05. The number of hydrogen-bond donors (Lipinski definition) is 2. The van der Waals surface area contributed by atoms with Gasteiger partial charge in [-0.05, 0) is 35.9 Å². The molecule has 0 saturated heterocycles. The molecule has 2 heterocycles. The van der Waals surface area contributed by atoms with Crippen LogP contribution in [0.1, 0.15) is 34.8 Å². The van der Waals surface area contributed by atoms with E-state index in [0.717, 1.165) is 17.2 Å². The standard InChI is InChI=1S/C28H30N2O8S/c1-35-23-13-17-12-20(29-25(17)27(37-3)26(23)36-2)28(32)30-11-7-8-16(15-38-39(4,33)34)24-19-10-6-5-9-18(19)22(31)14-21(24)30/h5-6,9-10,12-14,16,29,31H,7-8,11,15H2,1-4H3/t16-/m0/s1. The highest BCUT2D eigenvalue weighted by atomic mass is 32.2. The predicted molar refractivity (Wildman–Crippen MR) is 148 cm³/mol. The number of methoxy groups -OCH3 is 3. The topological polar surface area (TPSA) is 127 Å². The van der Waals surface area contributed by atoms with Crippen molar-refractivity contribution in [1.82, 2.24) is 4.98 Å². The maximum Gasteiger partial charge on any atom is 0.274 e. The zero-order valence-corrected chi connectivity index (χ0v) is 22.9. The van der Waals surface area contributed by atoms with Crippen LogP contribution in [0.15, 0.2) is 42.5 Å². The fourth-order valence-electron chi connectivity index (χ4n) is 5.37. The molecule has 1 aliphatic rings. The van der Waals surface area contributed by atoms with Crippen LogP contribution in [0.3, 0.4) is 0 Å². The van der Waals surface area contributed by atoms with Gasteiger partial charge in [-0.1, -0.05) is 24.3 Å². The number of benzene rings is 3. The summed E-state index contributed by atoms with van der Waals surface area (Å²) in [6.07, 6.45) is 2.21. The molecule has 4 aromatic rings. The van der Waals surface area contributed by atoms with Crippen molar-refractivity contribution in [1.29, 1.82) is 0 Å². The minimum Gasteiger partial charge on any atom is -0.507 e. The molecular formula is C28H30N2O8S. The number of phenolic OH excluding ortho intramolecular Hbond substituents is 1. The first-order valence-electron chi connectivity index (χ1n) is 12.4. The number of carbonyl (C=O) groups excluding carboxylic acids is 1. The molecule has 0 fully saturated rings. The van der Waals surface area contributed by atoms with Gasteiger partial charge in [-0.3, -0.25) is 8.98 Å². The van der Waals surface area contributed by atoms with Gasteiger partial charge in [0.2, 0.25) is 5.75 Å².